The number of nitrogens with zero attached hydrogens (tertiary/aromatic N) is 2. The van der Waals surface area contributed by atoms with Crippen molar-refractivity contribution in [2.75, 3.05) is 18.9 Å². The predicted molar refractivity (Wildman–Crippen MR) is 75.9 cm³/mol. The number of carbonyl (C=O) groups is 1. The molecule has 2 N–H and O–H groups in total. The van der Waals surface area contributed by atoms with E-state index < -0.39 is 0 Å². The van der Waals surface area contributed by atoms with Gasteiger partial charge in [0.15, 0.2) is 0 Å². The summed E-state index contributed by atoms with van der Waals surface area (Å²) in [7, 11) is 1.72. The number of benzene rings is 1. The summed E-state index contributed by atoms with van der Waals surface area (Å²) >= 11 is 5.97. The highest BCUT2D eigenvalue weighted by molar-refractivity contribution is 6.30. The number of rotatable bonds is 4. The first kappa shape index (κ1) is 13.6. The van der Waals surface area contributed by atoms with Crippen LogP contribution >= 0.6 is 11.6 Å². The van der Waals surface area contributed by atoms with Crippen molar-refractivity contribution in [1.29, 1.82) is 0 Å². The second kappa shape index (κ2) is 5.86. The Bertz CT molecular complexity index is 594. The molecule has 0 radical (unpaired) electrons. The Balaban J connectivity index is 2.33. The third kappa shape index (κ3) is 3.33. The van der Waals surface area contributed by atoms with Gasteiger partial charge in [-0.1, -0.05) is 17.7 Å². The number of anilines is 1. The molecular weight excluding hydrogens is 264 g/mol. The van der Waals surface area contributed by atoms with Crippen molar-refractivity contribution < 1.29 is 4.79 Å². The molecule has 1 amide bonds. The Morgan fingerprint density at radius 1 is 1.42 bits per heavy atom. The molecule has 0 saturated carbocycles. The van der Waals surface area contributed by atoms with Gasteiger partial charge in [0.1, 0.15) is 5.82 Å². The van der Waals surface area contributed by atoms with Gasteiger partial charge in [0.05, 0.1) is 17.9 Å². The number of aromatic nitrogens is 2. The summed E-state index contributed by atoms with van der Waals surface area (Å²) in [4.78, 5) is 11.6. The van der Waals surface area contributed by atoms with Gasteiger partial charge >= 0.3 is 0 Å². The molecule has 0 unspecified atom stereocenters. The molecule has 0 spiro atoms. The maximum atomic E-state index is 11.6. The monoisotopic (exact) mass is 278 g/mol. The van der Waals surface area contributed by atoms with Crippen LogP contribution in [0.5, 0.6) is 0 Å². The van der Waals surface area contributed by atoms with Gasteiger partial charge < -0.3 is 10.6 Å². The molecule has 1 heterocycles. The summed E-state index contributed by atoms with van der Waals surface area (Å²) in [6, 6.07) is 9.12. The molecule has 0 bridgehead atoms. The van der Waals surface area contributed by atoms with Crippen LogP contribution in [0.3, 0.4) is 0 Å². The van der Waals surface area contributed by atoms with Gasteiger partial charge in [-0.3, -0.25) is 4.79 Å². The second-order valence-electron chi connectivity index (χ2n) is 4.14. The van der Waals surface area contributed by atoms with Crippen LogP contribution < -0.4 is 10.6 Å². The molecule has 2 rings (SSSR count). The molecule has 0 fully saturated rings. The van der Waals surface area contributed by atoms with Crippen molar-refractivity contribution in [2.24, 2.45) is 0 Å². The Labute approximate surface area is 116 Å². The lowest BCUT2D eigenvalue weighted by molar-refractivity contribution is -0.115. The van der Waals surface area contributed by atoms with Crippen molar-refractivity contribution in [1.82, 2.24) is 15.1 Å². The van der Waals surface area contributed by atoms with Crippen molar-refractivity contribution >= 4 is 23.3 Å². The van der Waals surface area contributed by atoms with Crippen molar-refractivity contribution in [3.05, 3.63) is 41.0 Å². The van der Waals surface area contributed by atoms with Crippen LogP contribution in [0, 0.1) is 6.92 Å². The van der Waals surface area contributed by atoms with Gasteiger partial charge in [0.2, 0.25) is 5.91 Å². The number of hydrogen-bond donors (Lipinski definition) is 2. The zero-order chi connectivity index (χ0) is 13.8. The van der Waals surface area contributed by atoms with E-state index in [0.29, 0.717) is 10.8 Å². The maximum Gasteiger partial charge on any atom is 0.239 e. The lowest BCUT2D eigenvalue weighted by Gasteiger charge is -2.09. The highest BCUT2D eigenvalue weighted by Crippen LogP contribution is 2.19. The van der Waals surface area contributed by atoms with Crippen LogP contribution in [0.15, 0.2) is 30.3 Å². The Morgan fingerprint density at radius 2 is 2.21 bits per heavy atom. The lowest BCUT2D eigenvalue weighted by Crippen LogP contribution is -2.26. The standard InChI is InChI=1S/C13H15ClN4O/c1-9-6-12(16-13(19)8-15-2)18(17-9)11-5-3-4-10(14)7-11/h3-7,15H,8H2,1-2H3,(H,16,19). The SMILES string of the molecule is CNCC(=O)Nc1cc(C)nn1-c1cccc(Cl)c1. The smallest absolute Gasteiger partial charge is 0.239 e. The lowest BCUT2D eigenvalue weighted by atomic mass is 10.3. The first-order chi connectivity index (χ1) is 9.10. The third-order valence-corrected chi connectivity index (χ3v) is 2.72. The van der Waals surface area contributed by atoms with E-state index >= 15 is 0 Å². The quantitative estimate of drug-likeness (QED) is 0.899. The fourth-order valence-electron chi connectivity index (χ4n) is 1.74. The summed E-state index contributed by atoms with van der Waals surface area (Å²) in [5.41, 5.74) is 1.63. The first-order valence-electron chi connectivity index (χ1n) is 5.87. The van der Waals surface area contributed by atoms with Gasteiger partial charge in [0.25, 0.3) is 0 Å². The van der Waals surface area contributed by atoms with Crippen LogP contribution in [-0.2, 0) is 4.79 Å². The van der Waals surface area contributed by atoms with Crippen LogP contribution in [0.25, 0.3) is 5.69 Å². The maximum absolute atomic E-state index is 11.6. The van der Waals surface area contributed by atoms with E-state index in [1.54, 1.807) is 23.9 Å². The van der Waals surface area contributed by atoms with Crippen LogP contribution in [-0.4, -0.2) is 29.3 Å². The highest BCUT2D eigenvalue weighted by Gasteiger charge is 2.10. The van der Waals surface area contributed by atoms with Crippen molar-refractivity contribution in [3.8, 4) is 5.69 Å². The molecule has 2 aromatic rings. The molecule has 5 nitrogen and oxygen atoms in total. The largest absolute Gasteiger partial charge is 0.311 e. The molecule has 6 heteroatoms. The Kier molecular flexibility index (Phi) is 4.19. The summed E-state index contributed by atoms with van der Waals surface area (Å²) in [5, 5.41) is 10.6. The van der Waals surface area contributed by atoms with Gasteiger partial charge in [-0.2, -0.15) is 5.10 Å². The van der Waals surface area contributed by atoms with Crippen LogP contribution in [0.2, 0.25) is 5.02 Å². The van der Waals surface area contributed by atoms with Gasteiger partial charge in [-0.05, 0) is 32.2 Å². The number of likely N-dealkylation sites (N-methyl/N-ethyl adjacent to an activating group) is 1. The van der Waals surface area contributed by atoms with Gasteiger partial charge in [-0.15, -0.1) is 0 Å². The zero-order valence-corrected chi connectivity index (χ0v) is 11.5. The molecule has 100 valence electrons. The Hall–Kier alpha value is -1.85. The van der Waals surface area contributed by atoms with Crippen LogP contribution in [0.1, 0.15) is 5.69 Å². The third-order valence-electron chi connectivity index (χ3n) is 2.49. The van der Waals surface area contributed by atoms with Gasteiger partial charge in [0, 0.05) is 11.1 Å². The average Bonchev–Trinajstić information content (AvgIpc) is 2.70. The van der Waals surface area contributed by atoms with E-state index in [1.165, 1.54) is 0 Å². The molecule has 0 aliphatic rings. The van der Waals surface area contributed by atoms with E-state index in [1.807, 2.05) is 25.1 Å². The summed E-state index contributed by atoms with van der Waals surface area (Å²) < 4.78 is 1.66. The number of halogens is 1. The summed E-state index contributed by atoms with van der Waals surface area (Å²) in [5.74, 6) is 0.505. The molecule has 0 saturated heterocycles. The molecule has 1 aromatic heterocycles. The van der Waals surface area contributed by atoms with E-state index in [9.17, 15) is 4.79 Å². The minimum atomic E-state index is -0.120. The minimum absolute atomic E-state index is 0.120. The summed E-state index contributed by atoms with van der Waals surface area (Å²) in [6.07, 6.45) is 0. The molecule has 19 heavy (non-hydrogen) atoms. The van der Waals surface area contributed by atoms with Gasteiger partial charge in [-0.25, -0.2) is 4.68 Å². The molecule has 0 aliphatic heterocycles. The van der Waals surface area contributed by atoms with E-state index in [2.05, 4.69) is 15.7 Å². The molecule has 0 aliphatic carbocycles. The van der Waals surface area contributed by atoms with Crippen LogP contribution in [0.4, 0.5) is 5.82 Å². The predicted octanol–water partition coefficient (Wildman–Crippen LogP) is 1.99. The first-order valence-corrected chi connectivity index (χ1v) is 6.25. The number of hydrogen-bond acceptors (Lipinski definition) is 3. The average molecular weight is 279 g/mol. The Morgan fingerprint density at radius 3 is 2.89 bits per heavy atom. The number of aryl methyl sites for hydroxylation is 1. The van der Waals surface area contributed by atoms with Crippen molar-refractivity contribution in [2.45, 2.75) is 6.92 Å². The molecule has 1 aromatic carbocycles. The summed E-state index contributed by atoms with van der Waals surface area (Å²) in [6.45, 7) is 2.12. The normalized spacial score (nSPS) is 10.5. The topological polar surface area (TPSA) is 59.0 Å². The minimum Gasteiger partial charge on any atom is -0.311 e. The molecular formula is C13H15ClN4O. The fraction of sp³-hybridized carbons (Fsp3) is 0.231. The zero-order valence-electron chi connectivity index (χ0n) is 10.8. The number of amides is 1. The number of nitrogens with one attached hydrogen (secondary N) is 2. The van der Waals surface area contributed by atoms with E-state index in [-0.39, 0.29) is 12.5 Å². The van der Waals surface area contributed by atoms with E-state index in [0.717, 1.165) is 11.4 Å². The molecule has 0 atom stereocenters. The second-order valence-corrected chi connectivity index (χ2v) is 4.58. The van der Waals surface area contributed by atoms with E-state index in [4.69, 9.17) is 11.6 Å². The fourth-order valence-corrected chi connectivity index (χ4v) is 1.93. The van der Waals surface area contributed by atoms with Crippen molar-refractivity contribution in [3.63, 3.8) is 0 Å². The number of carbonyl (C=O) groups excluding carboxylic acids is 1. The highest BCUT2D eigenvalue weighted by atomic mass is 35.5.